The number of ether oxygens (including phenoxy) is 1. The van der Waals surface area contributed by atoms with Gasteiger partial charge in [-0.05, 0) is 12.5 Å². The Kier molecular flexibility index (Phi) is 5.67. The molecule has 1 aromatic rings. The molecule has 0 bridgehead atoms. The predicted octanol–water partition coefficient (Wildman–Crippen LogP) is 1.44. The summed E-state index contributed by atoms with van der Waals surface area (Å²) in [5.41, 5.74) is 0. The van der Waals surface area contributed by atoms with Gasteiger partial charge < -0.3 is 4.74 Å². The molecule has 0 unspecified atom stereocenters. The molecule has 0 radical (unpaired) electrons. The van der Waals surface area contributed by atoms with E-state index >= 15 is 0 Å². The van der Waals surface area contributed by atoms with Crippen molar-refractivity contribution in [3.05, 3.63) is 23.4 Å². The van der Waals surface area contributed by atoms with Crippen molar-refractivity contribution in [2.24, 2.45) is 0 Å². The molecule has 7 heteroatoms. The van der Waals surface area contributed by atoms with E-state index in [1.165, 1.54) is 6.20 Å². The van der Waals surface area contributed by atoms with Crippen LogP contribution in [0, 0.1) is 0 Å². The number of pyridine rings is 1. The van der Waals surface area contributed by atoms with Gasteiger partial charge >= 0.3 is 0 Å². The van der Waals surface area contributed by atoms with Crippen LogP contribution in [0.15, 0.2) is 18.3 Å². The van der Waals surface area contributed by atoms with Crippen LogP contribution in [0.25, 0.3) is 0 Å². The van der Waals surface area contributed by atoms with Crippen LogP contribution >= 0.6 is 11.6 Å². The summed E-state index contributed by atoms with van der Waals surface area (Å²) in [6.07, 6.45) is 2.06. The summed E-state index contributed by atoms with van der Waals surface area (Å²) < 4.78 is 30.2. The minimum Gasteiger partial charge on any atom is -0.476 e. The molecule has 5 nitrogen and oxygen atoms in total. The summed E-state index contributed by atoms with van der Waals surface area (Å²) in [4.78, 5) is 3.92. The molecular formula is C10H15ClN2O3S. The van der Waals surface area contributed by atoms with Gasteiger partial charge in [-0.3, -0.25) is 0 Å². The number of aromatic nitrogens is 1. The lowest BCUT2D eigenvalue weighted by atomic mass is 10.5. The van der Waals surface area contributed by atoms with Crippen molar-refractivity contribution < 1.29 is 13.2 Å². The first-order chi connectivity index (χ1) is 8.03. The van der Waals surface area contributed by atoms with E-state index in [2.05, 4.69) is 9.71 Å². The zero-order chi connectivity index (χ0) is 12.7. The Labute approximate surface area is 106 Å². The molecule has 1 N–H and O–H groups in total. The Morgan fingerprint density at radius 3 is 2.82 bits per heavy atom. The predicted molar refractivity (Wildman–Crippen MR) is 66.8 cm³/mol. The fourth-order valence-electron chi connectivity index (χ4n) is 1.14. The Morgan fingerprint density at radius 2 is 2.24 bits per heavy atom. The smallest absolute Gasteiger partial charge is 0.213 e. The van der Waals surface area contributed by atoms with Crippen molar-refractivity contribution in [2.75, 3.05) is 18.9 Å². The lowest BCUT2D eigenvalue weighted by Crippen LogP contribution is -2.30. The van der Waals surface area contributed by atoms with Crippen LogP contribution in [-0.4, -0.2) is 32.3 Å². The van der Waals surface area contributed by atoms with Crippen LogP contribution in [0.3, 0.4) is 0 Å². The minimum atomic E-state index is -3.16. The van der Waals surface area contributed by atoms with Gasteiger partial charge in [0.1, 0.15) is 6.61 Å². The highest BCUT2D eigenvalue weighted by Crippen LogP contribution is 2.10. The number of rotatable bonds is 7. The molecule has 17 heavy (non-hydrogen) atoms. The Morgan fingerprint density at radius 1 is 1.47 bits per heavy atom. The third kappa shape index (κ3) is 5.86. The van der Waals surface area contributed by atoms with Gasteiger partial charge in [0.25, 0.3) is 0 Å². The monoisotopic (exact) mass is 278 g/mol. The molecule has 0 amide bonds. The van der Waals surface area contributed by atoms with Crippen molar-refractivity contribution in [3.63, 3.8) is 0 Å². The molecule has 0 aliphatic heterocycles. The molecule has 0 aliphatic carbocycles. The number of hydrogen-bond acceptors (Lipinski definition) is 4. The Balaban J connectivity index is 2.27. The third-order valence-corrected chi connectivity index (χ3v) is 3.66. The second kappa shape index (κ2) is 6.78. The lowest BCUT2D eigenvalue weighted by molar-refractivity contribution is 0.310. The Bertz CT molecular complexity index is 433. The zero-order valence-electron chi connectivity index (χ0n) is 9.52. The van der Waals surface area contributed by atoms with E-state index in [0.717, 1.165) is 0 Å². The summed E-state index contributed by atoms with van der Waals surface area (Å²) in [7, 11) is -3.16. The first kappa shape index (κ1) is 14.2. The number of nitrogens with zero attached hydrogens (tertiary/aromatic N) is 1. The second-order valence-electron chi connectivity index (χ2n) is 3.38. The van der Waals surface area contributed by atoms with E-state index in [9.17, 15) is 8.42 Å². The lowest BCUT2D eigenvalue weighted by Gasteiger charge is -2.07. The highest BCUT2D eigenvalue weighted by atomic mass is 35.5. The number of sulfonamides is 1. The molecule has 0 aromatic carbocycles. The van der Waals surface area contributed by atoms with Crippen molar-refractivity contribution in [3.8, 4) is 5.88 Å². The van der Waals surface area contributed by atoms with E-state index in [4.69, 9.17) is 16.3 Å². The molecule has 0 saturated carbocycles. The summed E-state index contributed by atoms with van der Waals surface area (Å²) in [5.74, 6) is 0.552. The third-order valence-electron chi connectivity index (χ3n) is 1.85. The van der Waals surface area contributed by atoms with Gasteiger partial charge in [0.2, 0.25) is 15.9 Å². The van der Waals surface area contributed by atoms with Gasteiger partial charge in [-0.25, -0.2) is 18.1 Å². The number of hydrogen-bond donors (Lipinski definition) is 1. The van der Waals surface area contributed by atoms with Crippen LogP contribution in [0.2, 0.25) is 5.02 Å². The maximum absolute atomic E-state index is 11.3. The Hall–Kier alpha value is -0.850. The molecule has 0 aliphatic rings. The van der Waals surface area contributed by atoms with Gasteiger partial charge in [0.05, 0.1) is 10.8 Å². The van der Waals surface area contributed by atoms with Crippen molar-refractivity contribution in [1.29, 1.82) is 0 Å². The van der Waals surface area contributed by atoms with Gasteiger partial charge in [0, 0.05) is 18.8 Å². The zero-order valence-corrected chi connectivity index (χ0v) is 11.1. The highest BCUT2D eigenvalue weighted by Gasteiger charge is 2.07. The first-order valence-corrected chi connectivity index (χ1v) is 7.28. The summed E-state index contributed by atoms with van der Waals surface area (Å²) in [5, 5.41) is 0.529. The van der Waals surface area contributed by atoms with Crippen molar-refractivity contribution in [1.82, 2.24) is 9.71 Å². The maximum Gasteiger partial charge on any atom is 0.213 e. The molecule has 0 spiro atoms. The topological polar surface area (TPSA) is 68.3 Å². The maximum atomic E-state index is 11.3. The molecule has 0 saturated heterocycles. The van der Waals surface area contributed by atoms with Gasteiger partial charge in [0.15, 0.2) is 0 Å². The molecule has 1 aromatic heterocycles. The second-order valence-corrected chi connectivity index (χ2v) is 5.74. The molecule has 0 fully saturated rings. The first-order valence-electron chi connectivity index (χ1n) is 5.25. The largest absolute Gasteiger partial charge is 0.476 e. The fraction of sp³-hybridized carbons (Fsp3) is 0.500. The molecule has 1 heterocycles. The van der Waals surface area contributed by atoms with Gasteiger partial charge in [-0.2, -0.15) is 0 Å². The van der Waals surface area contributed by atoms with Crippen LogP contribution < -0.4 is 9.46 Å². The van der Waals surface area contributed by atoms with Crippen molar-refractivity contribution >= 4 is 21.6 Å². The molecule has 1 rings (SSSR count). The van der Waals surface area contributed by atoms with E-state index in [1.807, 2.05) is 6.92 Å². The van der Waals surface area contributed by atoms with Crippen molar-refractivity contribution in [2.45, 2.75) is 13.3 Å². The SMILES string of the molecule is CCCS(=O)(=O)NCCOc1ccc(Cl)cn1. The summed E-state index contributed by atoms with van der Waals surface area (Å²) in [6, 6.07) is 3.29. The standard InChI is InChI=1S/C10H15ClN2O3S/c1-2-7-17(14,15)13-5-6-16-10-4-3-9(11)8-12-10/h3-4,8,13H,2,5-7H2,1H3. The number of nitrogens with one attached hydrogen (secondary N) is 1. The van der Waals surface area contributed by atoms with Crippen LogP contribution in [0.4, 0.5) is 0 Å². The van der Waals surface area contributed by atoms with E-state index in [1.54, 1.807) is 12.1 Å². The quantitative estimate of drug-likeness (QED) is 0.767. The van der Waals surface area contributed by atoms with Crippen LogP contribution in [0.1, 0.15) is 13.3 Å². The van der Waals surface area contributed by atoms with Crippen LogP contribution in [0.5, 0.6) is 5.88 Å². The summed E-state index contributed by atoms with van der Waals surface area (Å²) >= 11 is 5.66. The normalized spacial score (nSPS) is 11.4. The molecule has 0 atom stereocenters. The van der Waals surface area contributed by atoms with E-state index < -0.39 is 10.0 Å². The summed E-state index contributed by atoms with van der Waals surface area (Å²) in [6.45, 7) is 2.28. The number of halogens is 1. The van der Waals surface area contributed by atoms with Gasteiger partial charge in [-0.1, -0.05) is 18.5 Å². The van der Waals surface area contributed by atoms with Gasteiger partial charge in [-0.15, -0.1) is 0 Å². The average Bonchev–Trinajstić information content (AvgIpc) is 2.27. The molecular weight excluding hydrogens is 264 g/mol. The van der Waals surface area contributed by atoms with Crippen LogP contribution in [-0.2, 0) is 10.0 Å². The highest BCUT2D eigenvalue weighted by molar-refractivity contribution is 7.89. The fourth-order valence-corrected chi connectivity index (χ4v) is 2.33. The minimum absolute atomic E-state index is 0.131. The van der Waals surface area contributed by atoms with E-state index in [-0.39, 0.29) is 18.9 Å². The molecule has 96 valence electrons. The van der Waals surface area contributed by atoms with E-state index in [0.29, 0.717) is 17.3 Å². The average molecular weight is 279 g/mol.